The van der Waals surface area contributed by atoms with Crippen LogP contribution in [0, 0.1) is 5.21 Å². The van der Waals surface area contributed by atoms with Gasteiger partial charge in [-0.1, -0.05) is 0 Å². The summed E-state index contributed by atoms with van der Waals surface area (Å²) in [4.78, 5) is 11.3. The van der Waals surface area contributed by atoms with E-state index in [1.54, 1.807) is 0 Å². The van der Waals surface area contributed by atoms with Crippen molar-refractivity contribution in [1.82, 2.24) is 0 Å². The fraction of sp³-hybridized carbons (Fsp3) is 0.417. The Labute approximate surface area is 151 Å². The maximum atomic E-state index is 13.9. The molecule has 0 aliphatic heterocycles. The second kappa shape index (κ2) is 7.54. The highest BCUT2D eigenvalue weighted by Crippen LogP contribution is 2.51. The van der Waals surface area contributed by atoms with Crippen molar-refractivity contribution in [3.63, 3.8) is 0 Å². The van der Waals surface area contributed by atoms with Crippen molar-refractivity contribution in [2.24, 2.45) is 0 Å². The summed E-state index contributed by atoms with van der Waals surface area (Å²) in [5.41, 5.74) is -0.528. The first-order chi connectivity index (χ1) is 12.8. The number of nitrogens with one attached hydrogen (secondary N) is 1. The van der Waals surface area contributed by atoms with Gasteiger partial charge in [-0.2, -0.15) is 53.5 Å². The van der Waals surface area contributed by atoms with E-state index in [4.69, 9.17) is 5.21 Å². The first-order valence-corrected chi connectivity index (χ1v) is 6.60. The molecule has 1 rings (SSSR count). The number of benzene rings is 1. The van der Waals surface area contributed by atoms with E-state index in [0.717, 1.165) is 0 Å². The van der Waals surface area contributed by atoms with Gasteiger partial charge < -0.3 is 9.94 Å². The molecule has 2 N–H and O–H groups in total. The molecule has 0 aliphatic carbocycles. The van der Waals surface area contributed by atoms with Gasteiger partial charge in [0.1, 0.15) is 5.75 Å². The molecule has 166 valence electrons. The molecule has 0 fully saturated rings. The van der Waals surface area contributed by atoms with Crippen molar-refractivity contribution in [3.05, 3.63) is 29.5 Å². The Morgan fingerprint density at radius 1 is 0.862 bits per heavy atom. The molecular weight excluding hydrogens is 447 g/mol. The van der Waals surface area contributed by atoms with E-state index >= 15 is 0 Å². The fourth-order valence-corrected chi connectivity index (χ4v) is 1.46. The molecule has 0 heterocycles. The van der Waals surface area contributed by atoms with Crippen LogP contribution in [0.15, 0.2) is 24.3 Å². The number of alkyl halides is 11. The largest absolute Gasteiger partial charge is 0.595 e. The van der Waals surface area contributed by atoms with Crippen LogP contribution in [0.2, 0.25) is 0 Å². The predicted octanol–water partition coefficient (Wildman–Crippen LogP) is 3.03. The molecule has 0 radical (unpaired) electrons. The fourth-order valence-electron chi connectivity index (χ4n) is 1.46. The minimum absolute atomic E-state index is 0.431. The van der Waals surface area contributed by atoms with Crippen LogP contribution in [0.5, 0.6) is 5.75 Å². The number of esters is 1. The van der Waals surface area contributed by atoms with Crippen LogP contribution in [0.4, 0.5) is 54.0 Å². The summed E-state index contributed by atoms with van der Waals surface area (Å²) in [6.07, 6.45) is -21.3. The van der Waals surface area contributed by atoms with Gasteiger partial charge in [-0.3, -0.25) is 4.74 Å². The van der Waals surface area contributed by atoms with Gasteiger partial charge in [0, 0.05) is 12.1 Å². The SMILES string of the molecule is O=C(Oc1ccc([NH+]([O-])O)cc1)C(F)(OC(F)(F)C(F)(F)C(F)(F)F)C(F)(F)F. The molecule has 29 heavy (non-hydrogen) atoms. The van der Waals surface area contributed by atoms with Gasteiger partial charge in [-0.25, -0.2) is 10.0 Å². The average molecular weight is 453 g/mol. The summed E-state index contributed by atoms with van der Waals surface area (Å²) in [7, 11) is 0. The third-order valence-electron chi connectivity index (χ3n) is 2.93. The van der Waals surface area contributed by atoms with Crippen molar-refractivity contribution in [2.45, 2.75) is 30.2 Å². The van der Waals surface area contributed by atoms with E-state index in [1.807, 2.05) is 4.74 Å². The number of carbonyl (C=O) groups is 1. The maximum absolute atomic E-state index is 13.9. The van der Waals surface area contributed by atoms with Crippen molar-refractivity contribution in [1.29, 1.82) is 0 Å². The smallest absolute Gasteiger partial charge is 0.462 e. The summed E-state index contributed by atoms with van der Waals surface area (Å²) in [6.45, 7) is 0. The minimum Gasteiger partial charge on any atom is -0.595 e. The number of rotatable bonds is 6. The normalized spacial score (nSPS) is 16.9. The van der Waals surface area contributed by atoms with Crippen molar-refractivity contribution in [2.75, 3.05) is 0 Å². The van der Waals surface area contributed by atoms with Gasteiger partial charge >= 0.3 is 36.2 Å². The zero-order valence-corrected chi connectivity index (χ0v) is 13.0. The zero-order chi connectivity index (χ0) is 23.1. The highest BCUT2D eigenvalue weighted by atomic mass is 19.4. The zero-order valence-electron chi connectivity index (χ0n) is 13.0. The number of hydrogen-bond acceptors (Lipinski definition) is 5. The van der Waals surface area contributed by atoms with E-state index in [9.17, 15) is 58.3 Å². The molecule has 17 heteroatoms. The van der Waals surface area contributed by atoms with Crippen molar-refractivity contribution in [3.8, 4) is 5.75 Å². The Morgan fingerprint density at radius 2 is 1.31 bits per heavy atom. The molecule has 1 aromatic rings. The lowest BCUT2D eigenvalue weighted by Gasteiger charge is -2.33. The van der Waals surface area contributed by atoms with Crippen molar-refractivity contribution < 1.29 is 73.0 Å². The average Bonchev–Trinajstić information content (AvgIpc) is 2.52. The Balaban J connectivity index is 3.25. The van der Waals surface area contributed by atoms with Crippen LogP contribution >= 0.6 is 0 Å². The summed E-state index contributed by atoms with van der Waals surface area (Å²) in [5, 5.41) is 17.6. The first kappa shape index (κ1) is 24.8. The van der Waals surface area contributed by atoms with E-state index in [1.165, 1.54) is 0 Å². The van der Waals surface area contributed by atoms with Gasteiger partial charge in [0.25, 0.3) is 0 Å². The van der Waals surface area contributed by atoms with E-state index in [0.29, 0.717) is 24.3 Å². The molecule has 0 bridgehead atoms. The Bertz CT molecular complexity index is 731. The lowest BCUT2D eigenvalue weighted by Crippen LogP contribution is -2.99. The van der Waals surface area contributed by atoms with E-state index in [2.05, 4.69) is 4.74 Å². The van der Waals surface area contributed by atoms with Gasteiger partial charge in [0.15, 0.2) is 5.69 Å². The molecule has 2 unspecified atom stereocenters. The van der Waals surface area contributed by atoms with Gasteiger partial charge in [-0.15, -0.1) is 0 Å². The standard InChI is InChI=1S/C12H6F11NO5/c13-8(10(16,17)18,29-12(22,23)9(14,15)11(19,20)21)7(25)28-6-3-1-5(2-4-6)24(26)27/h1-4,24,26H. The lowest BCUT2D eigenvalue weighted by molar-refractivity contribution is -0.991. The third kappa shape index (κ3) is 4.85. The molecule has 0 aliphatic rings. The van der Waals surface area contributed by atoms with Crippen LogP contribution in [0.25, 0.3) is 0 Å². The monoisotopic (exact) mass is 453 g/mol. The van der Waals surface area contributed by atoms with Crippen LogP contribution in [-0.4, -0.2) is 41.4 Å². The Morgan fingerprint density at radius 3 is 1.66 bits per heavy atom. The highest BCUT2D eigenvalue weighted by Gasteiger charge is 2.80. The summed E-state index contributed by atoms with van der Waals surface area (Å²) in [5.74, 6) is -18.4. The molecule has 0 saturated carbocycles. The Hall–Kier alpha value is -2.24. The Kier molecular flexibility index (Phi) is 6.45. The topological polar surface area (TPSA) is 83.3 Å². The van der Waals surface area contributed by atoms with Crippen LogP contribution < -0.4 is 9.96 Å². The molecular formula is C12H6F11NO5. The summed E-state index contributed by atoms with van der Waals surface area (Å²) < 4.78 is 145. The maximum Gasteiger partial charge on any atom is 0.462 e. The lowest BCUT2D eigenvalue weighted by atomic mass is 10.2. The molecule has 0 saturated heterocycles. The number of ether oxygens (including phenoxy) is 2. The van der Waals surface area contributed by atoms with Gasteiger partial charge in [0.2, 0.25) is 0 Å². The van der Waals surface area contributed by atoms with Crippen molar-refractivity contribution >= 4 is 11.7 Å². The molecule has 1 aromatic carbocycles. The van der Waals surface area contributed by atoms with Gasteiger partial charge in [0.05, 0.1) is 0 Å². The molecule has 0 aromatic heterocycles. The number of quaternary nitrogens is 1. The number of hydrogen-bond donors (Lipinski definition) is 2. The van der Waals surface area contributed by atoms with Gasteiger partial charge in [-0.05, 0) is 12.1 Å². The molecule has 0 amide bonds. The number of carbonyl (C=O) groups excluding carboxylic acids is 1. The predicted molar refractivity (Wildman–Crippen MR) is 64.8 cm³/mol. The molecule has 2 atom stereocenters. The first-order valence-electron chi connectivity index (χ1n) is 6.60. The number of halogens is 11. The van der Waals surface area contributed by atoms with Crippen LogP contribution in [0.3, 0.4) is 0 Å². The van der Waals surface area contributed by atoms with E-state index < -0.39 is 52.9 Å². The van der Waals surface area contributed by atoms with E-state index in [-0.39, 0.29) is 0 Å². The quantitative estimate of drug-likeness (QED) is 0.300. The second-order valence-corrected chi connectivity index (χ2v) is 5.00. The second-order valence-electron chi connectivity index (χ2n) is 5.00. The summed E-state index contributed by atoms with van der Waals surface area (Å²) in [6, 6.07) is 2.04. The molecule has 6 nitrogen and oxygen atoms in total. The van der Waals surface area contributed by atoms with Crippen LogP contribution in [-0.2, 0) is 9.53 Å². The molecule has 0 spiro atoms. The highest BCUT2D eigenvalue weighted by molar-refractivity contribution is 5.81. The minimum atomic E-state index is -7.33. The third-order valence-corrected chi connectivity index (χ3v) is 2.93. The van der Waals surface area contributed by atoms with Crippen LogP contribution in [0.1, 0.15) is 0 Å². The summed E-state index contributed by atoms with van der Waals surface area (Å²) >= 11 is 0.